The maximum atomic E-state index is 10.9. The van der Waals surface area contributed by atoms with Crippen LogP contribution in [-0.2, 0) is 13.0 Å². The summed E-state index contributed by atoms with van der Waals surface area (Å²) in [5, 5.41) is 10.9. The zero-order valence-corrected chi connectivity index (χ0v) is 23.4. The smallest absolute Gasteiger partial charge is 0.269 e. The highest BCUT2D eigenvalue weighted by atomic mass is 16.6. The maximum Gasteiger partial charge on any atom is 0.269 e. The van der Waals surface area contributed by atoms with Gasteiger partial charge in [0.05, 0.1) is 4.92 Å². The van der Waals surface area contributed by atoms with Crippen LogP contribution in [0.25, 0.3) is 0 Å². The van der Waals surface area contributed by atoms with Gasteiger partial charge in [-0.15, -0.1) is 0 Å². The lowest BCUT2D eigenvalue weighted by atomic mass is 9.86. The number of nitrogens with zero attached hydrogens (tertiary/aromatic N) is 2. The van der Waals surface area contributed by atoms with Gasteiger partial charge in [0.15, 0.2) is 0 Å². The molecule has 5 rings (SSSR count). The lowest BCUT2D eigenvalue weighted by molar-refractivity contribution is -0.384. The monoisotopic (exact) mass is 530 g/mol. The zero-order chi connectivity index (χ0) is 27.6. The van der Waals surface area contributed by atoms with Crippen molar-refractivity contribution in [2.75, 3.05) is 19.7 Å². The Morgan fingerprint density at radius 2 is 1.77 bits per heavy atom. The van der Waals surface area contributed by atoms with Crippen LogP contribution in [0.4, 0.5) is 5.69 Å². The van der Waals surface area contributed by atoms with Crippen LogP contribution >= 0.6 is 0 Å². The Bertz CT molecular complexity index is 1320. The van der Waals surface area contributed by atoms with Crippen molar-refractivity contribution in [3.05, 3.63) is 92.5 Å². The van der Waals surface area contributed by atoms with Crippen LogP contribution < -0.4 is 14.2 Å². The summed E-state index contributed by atoms with van der Waals surface area (Å²) in [5.41, 5.74) is 5.68. The van der Waals surface area contributed by atoms with Crippen molar-refractivity contribution >= 4 is 5.69 Å². The van der Waals surface area contributed by atoms with Gasteiger partial charge in [-0.05, 0) is 94.3 Å². The molecule has 0 bridgehead atoms. The Morgan fingerprint density at radius 3 is 2.49 bits per heavy atom. The summed E-state index contributed by atoms with van der Waals surface area (Å²) >= 11 is 0. The van der Waals surface area contributed by atoms with E-state index >= 15 is 0 Å². The van der Waals surface area contributed by atoms with E-state index in [9.17, 15) is 10.1 Å². The third-order valence-electron chi connectivity index (χ3n) is 8.32. The molecule has 0 saturated carbocycles. The van der Waals surface area contributed by atoms with Gasteiger partial charge in [-0.25, -0.2) is 0 Å². The molecular formula is C32H38N2O5. The minimum atomic E-state index is -0.394. The molecule has 0 aliphatic carbocycles. The number of fused-ring (bicyclic) bond motifs is 1. The second-order valence-corrected chi connectivity index (χ2v) is 11.2. The molecule has 2 heterocycles. The Kier molecular flexibility index (Phi) is 7.80. The molecule has 0 aromatic heterocycles. The summed E-state index contributed by atoms with van der Waals surface area (Å²) in [5.74, 6) is 2.65. The largest absolute Gasteiger partial charge is 0.492 e. The van der Waals surface area contributed by atoms with Gasteiger partial charge in [-0.3, -0.25) is 15.0 Å². The molecule has 3 aromatic carbocycles. The second kappa shape index (κ2) is 11.3. The van der Waals surface area contributed by atoms with Gasteiger partial charge >= 0.3 is 0 Å². The minimum absolute atomic E-state index is 0.0724. The molecule has 3 aromatic rings. The summed E-state index contributed by atoms with van der Waals surface area (Å²) in [6.45, 7) is 11.6. The molecule has 7 nitrogen and oxygen atoms in total. The number of hydrogen-bond acceptors (Lipinski definition) is 6. The van der Waals surface area contributed by atoms with Crippen LogP contribution in [0, 0.1) is 30.9 Å². The van der Waals surface area contributed by atoms with Crippen molar-refractivity contribution in [3.63, 3.8) is 0 Å². The fourth-order valence-electron chi connectivity index (χ4n) is 5.92. The molecule has 0 unspecified atom stereocenters. The van der Waals surface area contributed by atoms with Crippen LogP contribution in [-0.4, -0.2) is 41.2 Å². The molecular weight excluding hydrogens is 492 g/mol. The first kappa shape index (κ1) is 27.0. The first-order chi connectivity index (χ1) is 18.7. The average Bonchev–Trinajstić information content (AvgIpc) is 3.37. The number of ether oxygens (including phenoxy) is 3. The molecule has 39 heavy (non-hydrogen) atoms. The van der Waals surface area contributed by atoms with Crippen LogP contribution in [0.2, 0.25) is 0 Å². The van der Waals surface area contributed by atoms with E-state index in [1.807, 2.05) is 18.2 Å². The molecule has 7 heteroatoms. The highest BCUT2D eigenvalue weighted by Gasteiger charge is 2.39. The average molecular weight is 531 g/mol. The third kappa shape index (κ3) is 5.88. The Labute approximate surface area is 230 Å². The molecule has 0 spiro atoms. The topological polar surface area (TPSA) is 74.1 Å². The first-order valence-electron chi connectivity index (χ1n) is 13.8. The van der Waals surface area contributed by atoms with E-state index < -0.39 is 4.92 Å². The first-order valence-corrected chi connectivity index (χ1v) is 13.8. The van der Waals surface area contributed by atoms with Crippen molar-refractivity contribution in [1.82, 2.24) is 4.90 Å². The van der Waals surface area contributed by atoms with Crippen LogP contribution in [0.3, 0.4) is 0 Å². The fraction of sp³-hybridized carbons (Fsp3) is 0.438. The van der Waals surface area contributed by atoms with Gasteiger partial charge in [-0.1, -0.05) is 30.3 Å². The molecule has 206 valence electrons. The van der Waals surface area contributed by atoms with E-state index in [-0.39, 0.29) is 11.3 Å². The van der Waals surface area contributed by atoms with E-state index in [0.29, 0.717) is 25.0 Å². The van der Waals surface area contributed by atoms with E-state index in [0.717, 1.165) is 67.0 Å². The van der Waals surface area contributed by atoms with Gasteiger partial charge < -0.3 is 14.2 Å². The van der Waals surface area contributed by atoms with Crippen molar-refractivity contribution in [1.29, 1.82) is 0 Å². The standard InChI is InChI=1S/C32H38N2O5/c1-22-23(2)31-29(24(3)30(22)38-19-25-9-6-5-7-10-25)16-17-32(4,39-31)21-33-18-8-11-27(33)20-37-28-14-12-26(13-15-28)34(35)36/h5-7,9-10,12-15,27H,8,11,16-21H2,1-4H3/t27-,32-/m0/s1. The predicted molar refractivity (Wildman–Crippen MR) is 152 cm³/mol. The van der Waals surface area contributed by atoms with Gasteiger partial charge in [0.2, 0.25) is 0 Å². The summed E-state index contributed by atoms with van der Waals surface area (Å²) in [7, 11) is 0. The molecule has 2 aliphatic rings. The highest BCUT2D eigenvalue weighted by Crippen LogP contribution is 2.44. The van der Waals surface area contributed by atoms with Gasteiger partial charge in [0, 0.05) is 30.3 Å². The van der Waals surface area contributed by atoms with Crippen LogP contribution in [0.15, 0.2) is 54.6 Å². The predicted octanol–water partition coefficient (Wildman–Crippen LogP) is 6.73. The molecule has 2 atom stereocenters. The Morgan fingerprint density at radius 1 is 1.03 bits per heavy atom. The van der Waals surface area contributed by atoms with Crippen molar-refractivity contribution in [2.24, 2.45) is 0 Å². The number of nitro groups is 1. The van der Waals surface area contributed by atoms with Crippen molar-refractivity contribution < 1.29 is 19.1 Å². The van der Waals surface area contributed by atoms with Crippen LogP contribution in [0.5, 0.6) is 17.2 Å². The minimum Gasteiger partial charge on any atom is -0.492 e. The molecule has 1 fully saturated rings. The fourth-order valence-corrected chi connectivity index (χ4v) is 5.92. The molecule has 0 N–H and O–H groups in total. The van der Waals surface area contributed by atoms with E-state index in [1.165, 1.54) is 23.3 Å². The van der Waals surface area contributed by atoms with Gasteiger partial charge in [0.1, 0.15) is 36.1 Å². The quantitative estimate of drug-likeness (QED) is 0.226. The number of non-ortho nitro benzene ring substituents is 1. The molecule has 1 saturated heterocycles. The van der Waals surface area contributed by atoms with Crippen molar-refractivity contribution in [3.8, 4) is 17.2 Å². The zero-order valence-electron chi connectivity index (χ0n) is 23.4. The van der Waals surface area contributed by atoms with Crippen molar-refractivity contribution in [2.45, 2.75) is 71.6 Å². The SMILES string of the molecule is Cc1c(C)c2c(c(C)c1OCc1ccccc1)CC[C@@](C)(CN1CCC[C@H]1COc1ccc([N+](=O)[O-])cc1)O2. The van der Waals surface area contributed by atoms with E-state index in [1.54, 1.807) is 12.1 Å². The van der Waals surface area contributed by atoms with E-state index in [4.69, 9.17) is 14.2 Å². The number of benzene rings is 3. The molecule has 0 amide bonds. The van der Waals surface area contributed by atoms with Gasteiger partial charge in [-0.2, -0.15) is 0 Å². The molecule has 0 radical (unpaired) electrons. The second-order valence-electron chi connectivity index (χ2n) is 11.2. The summed E-state index contributed by atoms with van der Waals surface area (Å²) in [4.78, 5) is 13.0. The number of nitro benzene ring substituents is 1. The Balaban J connectivity index is 1.25. The summed E-state index contributed by atoms with van der Waals surface area (Å²) in [6.07, 6.45) is 4.09. The normalized spacial score (nSPS) is 20.8. The van der Waals surface area contributed by atoms with Crippen LogP contribution in [0.1, 0.15) is 54.0 Å². The lowest BCUT2D eigenvalue weighted by Gasteiger charge is -2.41. The molecule has 2 aliphatic heterocycles. The van der Waals surface area contributed by atoms with Gasteiger partial charge in [0.25, 0.3) is 5.69 Å². The highest BCUT2D eigenvalue weighted by molar-refractivity contribution is 5.59. The summed E-state index contributed by atoms with van der Waals surface area (Å²) < 4.78 is 19.2. The third-order valence-corrected chi connectivity index (χ3v) is 8.32. The lowest BCUT2D eigenvalue weighted by Crippen LogP contribution is -2.50. The van der Waals surface area contributed by atoms with E-state index in [2.05, 4.69) is 44.7 Å². The number of rotatable bonds is 9. The maximum absolute atomic E-state index is 10.9. The Hall–Kier alpha value is -3.58. The number of hydrogen-bond donors (Lipinski definition) is 0. The number of likely N-dealkylation sites (tertiary alicyclic amines) is 1. The summed E-state index contributed by atoms with van der Waals surface area (Å²) in [6, 6.07) is 16.9.